The van der Waals surface area contributed by atoms with Crippen molar-refractivity contribution < 1.29 is 44.5 Å². The fraction of sp³-hybridized carbons (Fsp3) is 1.00. The lowest BCUT2D eigenvalue weighted by molar-refractivity contribution is -0.129. The Morgan fingerprint density at radius 2 is 1.35 bits per heavy atom. The lowest BCUT2D eigenvalue weighted by atomic mass is 10.1. The van der Waals surface area contributed by atoms with Gasteiger partial charge in [-0.05, 0) is 36.3 Å². The van der Waals surface area contributed by atoms with E-state index in [1.54, 1.807) is 0 Å². The van der Waals surface area contributed by atoms with Gasteiger partial charge in [0.2, 0.25) is 0 Å². The molecule has 1 saturated heterocycles. The van der Waals surface area contributed by atoms with Gasteiger partial charge >= 0.3 is 15.6 Å². The molecule has 1 heterocycles. The standard InChI is InChI=1S/C18H37F3O7SSi2/c1-16(2,3)30(7,8)25-11-12-13(27-29(23,24)18(19,20)21)14(15(22)26-12)28-31(9,10)17(4,5)6/h12-15,22H,11H2,1-10H3/t12-,13-,14-,15-/m1/s1. The molecule has 0 bridgehead atoms. The maximum absolute atomic E-state index is 13.0. The average Bonchev–Trinajstić information content (AvgIpc) is 2.77. The molecule has 0 spiro atoms. The number of alkyl halides is 3. The first-order valence-corrected chi connectivity index (χ1v) is 17.3. The van der Waals surface area contributed by atoms with Crippen LogP contribution < -0.4 is 0 Å². The largest absolute Gasteiger partial charge is 0.523 e. The maximum atomic E-state index is 13.0. The Balaban J connectivity index is 3.26. The second-order valence-electron chi connectivity index (χ2n) is 10.9. The molecular formula is C18H37F3O7SSi2. The van der Waals surface area contributed by atoms with Crippen LogP contribution in [0.3, 0.4) is 0 Å². The molecule has 1 aliphatic rings. The van der Waals surface area contributed by atoms with E-state index in [-0.39, 0.29) is 16.7 Å². The number of hydrogen-bond donors (Lipinski definition) is 1. The van der Waals surface area contributed by atoms with Crippen molar-refractivity contribution in [2.45, 2.75) is 108 Å². The van der Waals surface area contributed by atoms with Crippen LogP contribution in [0.15, 0.2) is 0 Å². The monoisotopic (exact) mass is 510 g/mol. The van der Waals surface area contributed by atoms with Gasteiger partial charge < -0.3 is 18.7 Å². The van der Waals surface area contributed by atoms with Crippen molar-refractivity contribution in [3.63, 3.8) is 0 Å². The Morgan fingerprint density at radius 1 is 0.903 bits per heavy atom. The predicted octanol–water partition coefficient (Wildman–Crippen LogP) is 4.35. The summed E-state index contributed by atoms with van der Waals surface area (Å²) in [6, 6.07) is 0. The summed E-state index contributed by atoms with van der Waals surface area (Å²) in [4.78, 5) is 0. The average molecular weight is 511 g/mol. The fourth-order valence-corrected chi connectivity index (χ4v) is 5.24. The first-order valence-electron chi connectivity index (χ1n) is 10.1. The minimum absolute atomic E-state index is 0.199. The van der Waals surface area contributed by atoms with Crippen molar-refractivity contribution >= 4 is 26.8 Å². The van der Waals surface area contributed by atoms with E-state index in [0.717, 1.165) is 0 Å². The molecule has 0 radical (unpaired) electrons. The van der Waals surface area contributed by atoms with E-state index in [0.29, 0.717) is 0 Å². The van der Waals surface area contributed by atoms with Gasteiger partial charge in [-0.1, -0.05) is 41.5 Å². The van der Waals surface area contributed by atoms with Crippen LogP contribution in [0.2, 0.25) is 36.3 Å². The molecular weight excluding hydrogens is 473 g/mol. The second-order valence-corrected chi connectivity index (χ2v) is 22.1. The lowest BCUT2D eigenvalue weighted by Gasteiger charge is -2.40. The molecule has 0 aromatic carbocycles. The second kappa shape index (κ2) is 8.97. The smallest absolute Gasteiger partial charge is 0.414 e. The predicted molar refractivity (Wildman–Crippen MR) is 116 cm³/mol. The Kier molecular flexibility index (Phi) is 8.39. The summed E-state index contributed by atoms with van der Waals surface area (Å²) in [5, 5.41) is 9.87. The zero-order chi connectivity index (χ0) is 24.8. The third-order valence-electron chi connectivity index (χ3n) is 6.46. The summed E-state index contributed by atoms with van der Waals surface area (Å²) in [7, 11) is -10.9. The van der Waals surface area contributed by atoms with Crippen molar-refractivity contribution in [2.24, 2.45) is 0 Å². The molecule has 186 valence electrons. The van der Waals surface area contributed by atoms with Crippen LogP contribution in [0.4, 0.5) is 13.2 Å². The van der Waals surface area contributed by atoms with Crippen molar-refractivity contribution in [3.8, 4) is 0 Å². The molecule has 4 atom stereocenters. The molecule has 1 N–H and O–H groups in total. The maximum Gasteiger partial charge on any atom is 0.523 e. The third-order valence-corrected chi connectivity index (χ3v) is 16.5. The molecule has 1 aliphatic heterocycles. The van der Waals surface area contributed by atoms with Crippen LogP contribution in [0.25, 0.3) is 0 Å². The summed E-state index contributed by atoms with van der Waals surface area (Å²) in [6.07, 6.45) is -6.03. The Bertz CT molecular complexity index is 728. The fourth-order valence-electron chi connectivity index (χ4n) is 2.31. The summed E-state index contributed by atoms with van der Waals surface area (Å²) in [5.41, 5.74) is -5.62. The SMILES string of the molecule is CC(C)(C)[Si](C)(C)OC[C@H]1O[C@@H](O)[C@H](O[Si](C)(C)C(C)(C)C)[C@@H]1OS(=O)(=O)C(F)(F)F. The highest BCUT2D eigenvalue weighted by Crippen LogP contribution is 2.42. The van der Waals surface area contributed by atoms with Gasteiger partial charge in [-0.2, -0.15) is 21.6 Å². The highest BCUT2D eigenvalue weighted by atomic mass is 32.2. The molecule has 1 rings (SSSR count). The van der Waals surface area contributed by atoms with Gasteiger partial charge in [-0.25, -0.2) is 0 Å². The number of ether oxygens (including phenoxy) is 1. The van der Waals surface area contributed by atoms with E-state index in [1.165, 1.54) is 0 Å². The number of aliphatic hydroxyl groups excluding tert-OH is 1. The topological polar surface area (TPSA) is 91.3 Å². The quantitative estimate of drug-likeness (QED) is 0.309. The Labute approximate surface area is 186 Å². The van der Waals surface area contributed by atoms with E-state index in [4.69, 9.17) is 13.6 Å². The van der Waals surface area contributed by atoms with Crippen molar-refractivity contribution in [1.82, 2.24) is 0 Å². The Morgan fingerprint density at radius 3 is 1.74 bits per heavy atom. The van der Waals surface area contributed by atoms with Crippen LogP contribution in [0, 0.1) is 0 Å². The van der Waals surface area contributed by atoms with E-state index in [9.17, 15) is 26.7 Å². The van der Waals surface area contributed by atoms with Gasteiger partial charge in [-0.15, -0.1) is 0 Å². The summed E-state index contributed by atoms with van der Waals surface area (Å²) in [5.74, 6) is 0. The van der Waals surface area contributed by atoms with E-state index in [1.807, 2.05) is 67.7 Å². The summed E-state index contributed by atoms with van der Waals surface area (Å²) in [6.45, 7) is 18.9. The molecule has 0 aliphatic carbocycles. The molecule has 7 nitrogen and oxygen atoms in total. The zero-order valence-electron chi connectivity index (χ0n) is 20.0. The number of halogens is 3. The Hall–Kier alpha value is -0.0262. The highest BCUT2D eigenvalue weighted by Gasteiger charge is 2.56. The van der Waals surface area contributed by atoms with Crippen molar-refractivity contribution in [1.29, 1.82) is 0 Å². The number of rotatable bonds is 7. The number of aliphatic hydroxyl groups is 1. The molecule has 0 amide bonds. The van der Waals surface area contributed by atoms with Crippen molar-refractivity contribution in [2.75, 3.05) is 6.61 Å². The van der Waals surface area contributed by atoms with Gasteiger partial charge in [0.05, 0.1) is 6.61 Å². The first-order chi connectivity index (χ1) is 13.4. The first kappa shape index (κ1) is 29.0. The van der Waals surface area contributed by atoms with Crippen molar-refractivity contribution in [3.05, 3.63) is 0 Å². The van der Waals surface area contributed by atoms with Crippen LogP contribution in [-0.4, -0.2) is 66.9 Å². The summed E-state index contributed by atoms with van der Waals surface area (Å²) < 4.78 is 84.6. The van der Waals surface area contributed by atoms with Gasteiger partial charge in [0.15, 0.2) is 22.9 Å². The minimum atomic E-state index is -5.94. The van der Waals surface area contributed by atoms with Crippen LogP contribution in [-0.2, 0) is 27.9 Å². The van der Waals surface area contributed by atoms with Gasteiger partial charge in [0, 0.05) is 0 Å². The van der Waals surface area contributed by atoms with E-state index < -0.39 is 56.9 Å². The summed E-state index contributed by atoms with van der Waals surface area (Å²) >= 11 is 0. The molecule has 1 fully saturated rings. The third kappa shape index (κ3) is 6.74. The molecule has 0 unspecified atom stereocenters. The molecule has 13 heteroatoms. The normalized spacial score (nSPS) is 27.0. The van der Waals surface area contributed by atoms with Gasteiger partial charge in [-0.3, -0.25) is 4.18 Å². The zero-order valence-corrected chi connectivity index (χ0v) is 22.8. The van der Waals surface area contributed by atoms with Gasteiger partial charge in [0.25, 0.3) is 0 Å². The van der Waals surface area contributed by atoms with Crippen LogP contribution in [0.1, 0.15) is 41.5 Å². The van der Waals surface area contributed by atoms with Crippen LogP contribution in [0.5, 0.6) is 0 Å². The van der Waals surface area contributed by atoms with Gasteiger partial charge in [0.1, 0.15) is 18.3 Å². The van der Waals surface area contributed by atoms with Crippen LogP contribution >= 0.6 is 0 Å². The highest BCUT2D eigenvalue weighted by molar-refractivity contribution is 7.87. The molecule has 0 aromatic heterocycles. The molecule has 31 heavy (non-hydrogen) atoms. The molecule has 0 aromatic rings. The van der Waals surface area contributed by atoms with E-state index >= 15 is 0 Å². The van der Waals surface area contributed by atoms with E-state index in [2.05, 4.69) is 4.18 Å². The number of hydrogen-bond acceptors (Lipinski definition) is 7. The molecule has 0 saturated carbocycles. The minimum Gasteiger partial charge on any atom is -0.414 e. The lowest BCUT2D eigenvalue weighted by Crippen LogP contribution is -2.51.